The van der Waals surface area contributed by atoms with Gasteiger partial charge in [-0.1, -0.05) is 0 Å². The van der Waals surface area contributed by atoms with E-state index < -0.39 is 29.9 Å². The van der Waals surface area contributed by atoms with Crippen LogP contribution in [0, 0.1) is 0 Å². The van der Waals surface area contributed by atoms with Crippen LogP contribution < -0.4 is 16.0 Å². The summed E-state index contributed by atoms with van der Waals surface area (Å²) in [6, 6.07) is -1.80. The SMILES string of the molecule is CCOC(=O)CNC(=O)[C@H](CS)NC(=O)[C@H](CS)NC(C)=O. The molecule has 0 unspecified atom stereocenters. The maximum atomic E-state index is 11.9. The summed E-state index contributed by atoms with van der Waals surface area (Å²) in [5.41, 5.74) is 0. The van der Waals surface area contributed by atoms with E-state index in [0.717, 1.165) is 0 Å². The number of carbonyl (C=O) groups is 4. The predicted octanol–water partition coefficient (Wildman–Crippen LogP) is -1.49. The Bertz CT molecular complexity index is 420. The molecule has 0 bridgehead atoms. The van der Waals surface area contributed by atoms with Gasteiger partial charge in [-0.05, 0) is 6.92 Å². The fourth-order valence-electron chi connectivity index (χ4n) is 1.40. The second-order valence-electron chi connectivity index (χ2n) is 4.20. The fourth-order valence-corrected chi connectivity index (χ4v) is 1.91. The van der Waals surface area contributed by atoms with Gasteiger partial charge in [-0.3, -0.25) is 19.2 Å². The van der Waals surface area contributed by atoms with E-state index in [-0.39, 0.29) is 30.6 Å². The van der Waals surface area contributed by atoms with Gasteiger partial charge in [0.15, 0.2) is 0 Å². The quantitative estimate of drug-likeness (QED) is 0.257. The normalized spacial score (nSPS) is 12.7. The zero-order valence-electron chi connectivity index (χ0n) is 12.4. The first-order chi connectivity index (χ1) is 10.3. The molecule has 126 valence electrons. The highest BCUT2D eigenvalue weighted by atomic mass is 32.1. The van der Waals surface area contributed by atoms with E-state index in [2.05, 4.69) is 45.9 Å². The molecule has 0 aliphatic carbocycles. The number of ether oxygens (including phenoxy) is 1. The lowest BCUT2D eigenvalue weighted by atomic mass is 10.2. The summed E-state index contributed by atoms with van der Waals surface area (Å²) >= 11 is 7.95. The summed E-state index contributed by atoms with van der Waals surface area (Å²) in [5.74, 6) is -1.99. The number of esters is 1. The highest BCUT2D eigenvalue weighted by Crippen LogP contribution is 1.94. The third kappa shape index (κ3) is 8.13. The van der Waals surface area contributed by atoms with E-state index in [9.17, 15) is 19.2 Å². The van der Waals surface area contributed by atoms with E-state index in [1.54, 1.807) is 6.92 Å². The number of carbonyl (C=O) groups excluding carboxylic acids is 4. The van der Waals surface area contributed by atoms with Crippen LogP contribution in [0.2, 0.25) is 0 Å². The minimum absolute atomic E-state index is 0.0275. The van der Waals surface area contributed by atoms with Crippen molar-refractivity contribution in [1.29, 1.82) is 0 Å². The van der Waals surface area contributed by atoms with Gasteiger partial charge in [0.2, 0.25) is 17.7 Å². The molecule has 0 radical (unpaired) electrons. The Hall–Kier alpha value is -1.42. The largest absolute Gasteiger partial charge is 0.465 e. The van der Waals surface area contributed by atoms with Crippen molar-refractivity contribution in [2.75, 3.05) is 24.7 Å². The van der Waals surface area contributed by atoms with E-state index >= 15 is 0 Å². The number of thiol groups is 2. The van der Waals surface area contributed by atoms with Gasteiger partial charge < -0.3 is 20.7 Å². The molecule has 0 heterocycles. The Labute approximate surface area is 139 Å². The molecule has 0 saturated carbocycles. The van der Waals surface area contributed by atoms with Crippen LogP contribution in [-0.2, 0) is 23.9 Å². The third-order valence-corrected chi connectivity index (χ3v) is 3.13. The lowest BCUT2D eigenvalue weighted by molar-refractivity contribution is -0.143. The van der Waals surface area contributed by atoms with E-state index in [1.165, 1.54) is 6.92 Å². The molecule has 2 atom stereocenters. The molecule has 0 spiro atoms. The van der Waals surface area contributed by atoms with Crippen molar-refractivity contribution in [3.05, 3.63) is 0 Å². The van der Waals surface area contributed by atoms with Crippen LogP contribution in [0.15, 0.2) is 0 Å². The van der Waals surface area contributed by atoms with Gasteiger partial charge in [-0.2, -0.15) is 25.3 Å². The lowest BCUT2D eigenvalue weighted by Gasteiger charge is -2.20. The molecule has 0 aliphatic heterocycles. The molecule has 0 aromatic heterocycles. The van der Waals surface area contributed by atoms with Crippen molar-refractivity contribution in [2.45, 2.75) is 25.9 Å². The van der Waals surface area contributed by atoms with Gasteiger partial charge >= 0.3 is 5.97 Å². The maximum absolute atomic E-state index is 11.9. The molecule has 3 amide bonds. The molecule has 0 aromatic rings. The van der Waals surface area contributed by atoms with Crippen LogP contribution in [0.3, 0.4) is 0 Å². The standard InChI is InChI=1S/C12H21N3O5S2/c1-3-20-10(17)4-13-11(18)8(5-21)15-12(19)9(6-22)14-7(2)16/h8-9,21-22H,3-6H2,1-2H3,(H,13,18)(H,14,16)(H,15,19)/t8-,9-/m0/s1. The minimum Gasteiger partial charge on any atom is -0.465 e. The van der Waals surface area contributed by atoms with Crippen LogP contribution >= 0.6 is 25.3 Å². The molecule has 0 aromatic carbocycles. The Kier molecular flexibility index (Phi) is 10.5. The summed E-state index contributed by atoms with van der Waals surface area (Å²) in [6.07, 6.45) is 0. The molecule has 22 heavy (non-hydrogen) atoms. The molecular weight excluding hydrogens is 330 g/mol. The van der Waals surface area contributed by atoms with E-state index in [1.807, 2.05) is 0 Å². The van der Waals surface area contributed by atoms with Gasteiger partial charge in [0.1, 0.15) is 18.6 Å². The van der Waals surface area contributed by atoms with Crippen molar-refractivity contribution >= 4 is 48.9 Å². The van der Waals surface area contributed by atoms with Crippen LogP contribution in [0.4, 0.5) is 0 Å². The van der Waals surface area contributed by atoms with Crippen LogP contribution in [0.1, 0.15) is 13.8 Å². The smallest absolute Gasteiger partial charge is 0.325 e. The molecule has 10 heteroatoms. The Morgan fingerprint density at radius 2 is 1.55 bits per heavy atom. The molecule has 0 fully saturated rings. The summed E-state index contributed by atoms with van der Waals surface area (Å²) in [7, 11) is 0. The number of nitrogens with one attached hydrogen (secondary N) is 3. The Morgan fingerprint density at radius 3 is 2.00 bits per heavy atom. The first-order valence-corrected chi connectivity index (χ1v) is 7.84. The zero-order chi connectivity index (χ0) is 17.1. The number of hydrogen-bond acceptors (Lipinski definition) is 7. The minimum atomic E-state index is -0.943. The van der Waals surface area contributed by atoms with Crippen LogP contribution in [-0.4, -0.2) is 60.4 Å². The fraction of sp³-hybridized carbons (Fsp3) is 0.667. The molecule has 8 nitrogen and oxygen atoms in total. The van der Waals surface area contributed by atoms with Gasteiger partial charge in [0, 0.05) is 18.4 Å². The summed E-state index contributed by atoms with van der Waals surface area (Å²) in [5, 5.41) is 7.18. The van der Waals surface area contributed by atoms with Gasteiger partial charge in [0.25, 0.3) is 0 Å². The Balaban J connectivity index is 4.50. The first-order valence-electron chi connectivity index (χ1n) is 6.58. The average Bonchev–Trinajstić information content (AvgIpc) is 2.47. The van der Waals surface area contributed by atoms with Crippen molar-refractivity contribution < 1.29 is 23.9 Å². The second kappa shape index (κ2) is 11.2. The molecule has 0 rings (SSSR count). The third-order valence-electron chi connectivity index (χ3n) is 2.40. The van der Waals surface area contributed by atoms with Gasteiger partial charge in [-0.15, -0.1) is 0 Å². The van der Waals surface area contributed by atoms with Crippen LogP contribution in [0.5, 0.6) is 0 Å². The molecular formula is C12H21N3O5S2. The highest BCUT2D eigenvalue weighted by molar-refractivity contribution is 7.80. The average molecular weight is 351 g/mol. The Morgan fingerprint density at radius 1 is 1.00 bits per heavy atom. The maximum Gasteiger partial charge on any atom is 0.325 e. The molecule has 0 saturated heterocycles. The number of hydrogen-bond donors (Lipinski definition) is 5. The van der Waals surface area contributed by atoms with Gasteiger partial charge in [-0.25, -0.2) is 0 Å². The highest BCUT2D eigenvalue weighted by Gasteiger charge is 2.24. The summed E-state index contributed by atoms with van der Waals surface area (Å²) in [4.78, 5) is 45.9. The zero-order valence-corrected chi connectivity index (χ0v) is 14.2. The van der Waals surface area contributed by atoms with Crippen molar-refractivity contribution in [2.24, 2.45) is 0 Å². The predicted molar refractivity (Wildman–Crippen MR) is 86.9 cm³/mol. The van der Waals surface area contributed by atoms with Crippen molar-refractivity contribution in [3.8, 4) is 0 Å². The van der Waals surface area contributed by atoms with Crippen molar-refractivity contribution in [1.82, 2.24) is 16.0 Å². The van der Waals surface area contributed by atoms with Gasteiger partial charge in [0.05, 0.1) is 6.61 Å². The van der Waals surface area contributed by atoms with Crippen LogP contribution in [0.25, 0.3) is 0 Å². The first kappa shape index (κ1) is 20.6. The second-order valence-corrected chi connectivity index (χ2v) is 4.93. The number of rotatable bonds is 9. The van der Waals surface area contributed by atoms with Crippen molar-refractivity contribution in [3.63, 3.8) is 0 Å². The number of amides is 3. The lowest BCUT2D eigenvalue weighted by Crippen LogP contribution is -2.55. The summed E-state index contributed by atoms with van der Waals surface area (Å²) in [6.45, 7) is 2.83. The molecule has 3 N–H and O–H groups in total. The molecule has 0 aliphatic rings. The topological polar surface area (TPSA) is 114 Å². The van der Waals surface area contributed by atoms with E-state index in [4.69, 9.17) is 0 Å². The summed E-state index contributed by atoms with van der Waals surface area (Å²) < 4.78 is 4.67. The monoisotopic (exact) mass is 351 g/mol. The van der Waals surface area contributed by atoms with E-state index in [0.29, 0.717) is 0 Å².